The van der Waals surface area contributed by atoms with Gasteiger partial charge in [0.25, 0.3) is 5.91 Å². The monoisotopic (exact) mass is 367 g/mol. The second kappa shape index (κ2) is 7.54. The Kier molecular flexibility index (Phi) is 5.68. The van der Waals surface area contributed by atoms with Crippen LogP contribution < -0.4 is 16.4 Å². The minimum atomic E-state index is -0.704. The fourth-order valence-electron chi connectivity index (χ4n) is 1.96. The number of hydrogen-bond donors (Lipinski definition) is 4. The average molecular weight is 368 g/mol. The summed E-state index contributed by atoms with van der Waals surface area (Å²) < 4.78 is 4.13. The lowest BCUT2D eigenvalue weighted by Crippen LogP contribution is -2.27. The van der Waals surface area contributed by atoms with Gasteiger partial charge in [0.2, 0.25) is 0 Å². The number of primary amides is 1. The van der Waals surface area contributed by atoms with Gasteiger partial charge in [-0.2, -0.15) is 4.37 Å². The molecular formula is C14H18ClN7OS. The molecular weight excluding hydrogens is 350 g/mol. The summed E-state index contributed by atoms with van der Waals surface area (Å²) >= 11 is 7.31. The van der Waals surface area contributed by atoms with Crippen molar-refractivity contribution in [3.05, 3.63) is 22.6 Å². The third-order valence-corrected chi connectivity index (χ3v) is 4.71. The van der Waals surface area contributed by atoms with Gasteiger partial charge in [-0.3, -0.25) is 4.79 Å². The van der Waals surface area contributed by atoms with Crippen LogP contribution in [0.4, 0.5) is 16.6 Å². The normalized spacial score (nSPS) is 11.8. The van der Waals surface area contributed by atoms with Crippen LogP contribution in [0.25, 0.3) is 0 Å². The van der Waals surface area contributed by atoms with E-state index in [1.807, 2.05) is 6.92 Å². The molecule has 0 bridgehead atoms. The molecule has 1 amide bonds. The zero-order valence-corrected chi connectivity index (χ0v) is 15.0. The average Bonchev–Trinajstić information content (AvgIpc) is 2.84. The van der Waals surface area contributed by atoms with Crippen molar-refractivity contribution in [2.24, 2.45) is 5.73 Å². The maximum absolute atomic E-state index is 11.6. The number of hydrogen-bond acceptors (Lipinski definition) is 8. The van der Waals surface area contributed by atoms with E-state index in [1.54, 1.807) is 13.8 Å². The van der Waals surface area contributed by atoms with E-state index < -0.39 is 5.91 Å². The van der Waals surface area contributed by atoms with Crippen molar-refractivity contribution < 1.29 is 4.79 Å². The highest BCUT2D eigenvalue weighted by Gasteiger charge is 2.18. The number of halogens is 1. The largest absolute Gasteiger partial charge is 0.364 e. The molecule has 0 aliphatic heterocycles. The molecule has 0 aliphatic carbocycles. The Morgan fingerprint density at radius 2 is 2.25 bits per heavy atom. The van der Waals surface area contributed by atoms with Crippen molar-refractivity contribution in [3.8, 4) is 0 Å². The molecule has 0 saturated carbocycles. The van der Waals surface area contributed by atoms with Crippen LogP contribution in [0.2, 0.25) is 5.02 Å². The minimum absolute atomic E-state index is 0.00212. The first-order valence-electron chi connectivity index (χ1n) is 7.20. The van der Waals surface area contributed by atoms with Gasteiger partial charge in [0.05, 0.1) is 23.0 Å². The van der Waals surface area contributed by atoms with Crippen LogP contribution >= 0.6 is 23.1 Å². The lowest BCUT2D eigenvalue weighted by molar-refractivity contribution is 0.0996. The summed E-state index contributed by atoms with van der Waals surface area (Å²) in [6.07, 6.45) is 2.13. The molecule has 0 saturated heterocycles. The molecule has 10 heteroatoms. The molecule has 0 aliphatic rings. The van der Waals surface area contributed by atoms with Crippen LogP contribution in [0.5, 0.6) is 0 Å². The maximum atomic E-state index is 11.6. The zero-order valence-electron chi connectivity index (χ0n) is 13.5. The number of aromatic nitrogens is 3. The molecule has 0 aromatic carbocycles. The van der Waals surface area contributed by atoms with E-state index in [-0.39, 0.29) is 17.6 Å². The molecule has 1 unspecified atom stereocenters. The second-order valence-electron chi connectivity index (χ2n) is 5.14. The van der Waals surface area contributed by atoms with Crippen LogP contribution in [0.15, 0.2) is 6.20 Å². The van der Waals surface area contributed by atoms with E-state index in [9.17, 15) is 4.79 Å². The van der Waals surface area contributed by atoms with Gasteiger partial charge in [-0.1, -0.05) is 18.5 Å². The van der Waals surface area contributed by atoms with E-state index in [1.165, 1.54) is 6.20 Å². The number of nitrogens with zero attached hydrogens (tertiary/aromatic N) is 3. The van der Waals surface area contributed by atoms with Crippen LogP contribution in [-0.4, -0.2) is 32.0 Å². The van der Waals surface area contributed by atoms with E-state index in [4.69, 9.17) is 22.7 Å². The number of nitrogens with two attached hydrogens (primary N) is 1. The third-order valence-electron chi connectivity index (χ3n) is 3.28. The Bertz CT molecular complexity index is 776. The van der Waals surface area contributed by atoms with Crippen molar-refractivity contribution >= 4 is 51.4 Å². The SMILES string of the molecule is CCC(Nc1cnc(C(N)=O)c(Nc2snc(C)c2Cl)n1)C(C)=N. The fraction of sp³-hybridized carbons (Fsp3) is 0.357. The van der Waals surface area contributed by atoms with Crippen molar-refractivity contribution in [2.45, 2.75) is 33.2 Å². The van der Waals surface area contributed by atoms with Crippen molar-refractivity contribution in [3.63, 3.8) is 0 Å². The molecule has 2 rings (SSSR count). The molecule has 0 radical (unpaired) electrons. The molecule has 2 aromatic rings. The molecule has 1 atom stereocenters. The lowest BCUT2D eigenvalue weighted by Gasteiger charge is -2.17. The van der Waals surface area contributed by atoms with Crippen molar-refractivity contribution in [1.82, 2.24) is 14.3 Å². The number of carbonyl (C=O) groups is 1. The molecule has 8 nitrogen and oxygen atoms in total. The first kappa shape index (κ1) is 18.1. The van der Waals surface area contributed by atoms with Crippen molar-refractivity contribution in [1.29, 1.82) is 5.41 Å². The van der Waals surface area contributed by atoms with Crippen LogP contribution in [0.1, 0.15) is 36.5 Å². The summed E-state index contributed by atoms with van der Waals surface area (Å²) in [6, 6.07) is -0.166. The zero-order chi connectivity index (χ0) is 17.9. The first-order valence-corrected chi connectivity index (χ1v) is 8.35. The molecule has 0 fully saturated rings. The predicted molar refractivity (Wildman–Crippen MR) is 96.8 cm³/mol. The molecule has 2 heterocycles. The van der Waals surface area contributed by atoms with Crippen LogP contribution in [0, 0.1) is 12.3 Å². The van der Waals surface area contributed by atoms with Gasteiger partial charge in [0.15, 0.2) is 11.5 Å². The van der Waals surface area contributed by atoms with Crippen LogP contribution in [-0.2, 0) is 0 Å². The smallest absolute Gasteiger partial charge is 0.271 e. The quantitative estimate of drug-likeness (QED) is 0.556. The molecule has 24 heavy (non-hydrogen) atoms. The number of carbonyl (C=O) groups excluding carboxylic acids is 1. The molecule has 0 spiro atoms. The Labute approximate surface area is 148 Å². The van der Waals surface area contributed by atoms with Gasteiger partial charge >= 0.3 is 0 Å². The van der Waals surface area contributed by atoms with E-state index >= 15 is 0 Å². The highest BCUT2D eigenvalue weighted by molar-refractivity contribution is 7.11. The third kappa shape index (κ3) is 3.98. The Morgan fingerprint density at radius 3 is 2.75 bits per heavy atom. The van der Waals surface area contributed by atoms with Gasteiger partial charge in [-0.25, -0.2) is 9.97 Å². The topological polar surface area (TPSA) is 130 Å². The van der Waals surface area contributed by atoms with Gasteiger partial charge < -0.3 is 21.8 Å². The standard InChI is InChI=1S/C14H18ClN7OS/c1-4-8(6(2)16)19-9-5-18-11(12(17)23)13(20-9)21-14-10(15)7(3)22-24-14/h5,8,16H,4H2,1-3H3,(H2,17,23)(H2,19,20,21). The summed E-state index contributed by atoms with van der Waals surface area (Å²) in [5, 5.41) is 14.8. The lowest BCUT2D eigenvalue weighted by atomic mass is 10.1. The minimum Gasteiger partial charge on any atom is -0.364 e. The summed E-state index contributed by atoms with van der Waals surface area (Å²) in [5.74, 6) is -0.0852. The summed E-state index contributed by atoms with van der Waals surface area (Å²) in [5.41, 5.74) is 6.52. The van der Waals surface area contributed by atoms with E-state index in [0.29, 0.717) is 27.2 Å². The Morgan fingerprint density at radius 1 is 1.54 bits per heavy atom. The van der Waals surface area contributed by atoms with Gasteiger partial charge in [-0.05, 0) is 31.8 Å². The molecule has 5 N–H and O–H groups in total. The predicted octanol–water partition coefficient (Wildman–Crippen LogP) is 2.97. The summed E-state index contributed by atoms with van der Waals surface area (Å²) in [6.45, 7) is 5.45. The first-order chi connectivity index (χ1) is 11.3. The van der Waals surface area contributed by atoms with Crippen molar-refractivity contribution in [2.75, 3.05) is 10.6 Å². The van der Waals surface area contributed by atoms with Crippen LogP contribution in [0.3, 0.4) is 0 Å². The number of rotatable bonds is 7. The Balaban J connectivity index is 2.36. The van der Waals surface area contributed by atoms with E-state index in [2.05, 4.69) is 25.0 Å². The maximum Gasteiger partial charge on any atom is 0.271 e. The number of aryl methyl sites for hydroxylation is 1. The molecule has 2 aromatic heterocycles. The summed E-state index contributed by atoms with van der Waals surface area (Å²) in [7, 11) is 0. The van der Waals surface area contributed by atoms with Gasteiger partial charge in [0.1, 0.15) is 10.8 Å². The number of amides is 1. The van der Waals surface area contributed by atoms with Gasteiger partial charge in [0, 0.05) is 5.71 Å². The Hall–Kier alpha value is -2.26. The fourth-order valence-corrected chi connectivity index (χ4v) is 2.90. The highest BCUT2D eigenvalue weighted by atomic mass is 35.5. The number of nitrogens with one attached hydrogen (secondary N) is 3. The summed E-state index contributed by atoms with van der Waals surface area (Å²) in [4.78, 5) is 20.0. The molecule has 128 valence electrons. The number of anilines is 3. The van der Waals surface area contributed by atoms with E-state index in [0.717, 1.165) is 18.0 Å². The second-order valence-corrected chi connectivity index (χ2v) is 6.29. The highest BCUT2D eigenvalue weighted by Crippen LogP contribution is 2.32. The van der Waals surface area contributed by atoms with Gasteiger partial charge in [-0.15, -0.1) is 0 Å².